The molecule has 0 aliphatic rings. The van der Waals surface area contributed by atoms with Crippen LogP contribution in [0, 0.1) is 18.3 Å². The monoisotopic (exact) mass is 450 g/mol. The highest BCUT2D eigenvalue weighted by Crippen LogP contribution is 2.31. The van der Waals surface area contributed by atoms with Crippen LogP contribution < -0.4 is 5.73 Å². The maximum Gasteiger partial charge on any atom is 0.219 e. The number of nitrogens with one attached hydrogen (secondary N) is 1. The average Bonchev–Trinajstić information content (AvgIpc) is 3.45. The number of nitrogens with zero attached hydrogens (tertiary/aromatic N) is 8. The number of nitrogen functional groups attached to an aromatic ring is 1. The second-order valence-corrected chi connectivity index (χ2v) is 8.74. The molecule has 10 nitrogen and oxygen atoms in total. The number of anilines is 1. The van der Waals surface area contributed by atoms with E-state index in [0.29, 0.717) is 28.7 Å². The molecule has 168 valence electrons. The molecule has 10 heteroatoms. The Morgan fingerprint density at radius 2 is 1.88 bits per heavy atom. The van der Waals surface area contributed by atoms with Crippen LogP contribution in [0.5, 0.6) is 0 Å². The maximum absolute atomic E-state index is 9.38. The molecule has 4 heterocycles. The summed E-state index contributed by atoms with van der Waals surface area (Å²) in [5.74, 6) is 1.46. The molecule has 3 N–H and O–H groups in total. The van der Waals surface area contributed by atoms with Crippen LogP contribution in [0.3, 0.4) is 0 Å². The Balaban J connectivity index is 1.55. The minimum absolute atomic E-state index is 0.179. The Kier molecular flexibility index (Phi) is 5.02. The van der Waals surface area contributed by atoms with Crippen molar-refractivity contribution in [1.82, 2.24) is 39.7 Å². The normalized spacial score (nSPS) is 11.6. The van der Waals surface area contributed by atoms with Gasteiger partial charge in [0.25, 0.3) is 0 Å². The Labute approximate surface area is 195 Å². The van der Waals surface area contributed by atoms with E-state index in [2.05, 4.69) is 62.1 Å². The number of nitriles is 1. The number of aryl methyl sites for hydroxylation is 1. The van der Waals surface area contributed by atoms with E-state index in [1.54, 1.807) is 35.5 Å². The molecule has 0 amide bonds. The highest BCUT2D eigenvalue weighted by Gasteiger charge is 2.23. The van der Waals surface area contributed by atoms with Crippen LogP contribution in [0.4, 0.5) is 5.95 Å². The summed E-state index contributed by atoms with van der Waals surface area (Å²) in [4.78, 5) is 25.0. The zero-order valence-electron chi connectivity index (χ0n) is 19.0. The molecule has 0 saturated heterocycles. The Morgan fingerprint density at radius 3 is 2.59 bits per heavy atom. The van der Waals surface area contributed by atoms with Gasteiger partial charge >= 0.3 is 0 Å². The molecule has 4 aromatic heterocycles. The Morgan fingerprint density at radius 1 is 1.09 bits per heavy atom. The Hall–Kier alpha value is -4.65. The van der Waals surface area contributed by atoms with Crippen LogP contribution in [0.15, 0.2) is 49.1 Å². The van der Waals surface area contributed by atoms with Crippen molar-refractivity contribution < 1.29 is 0 Å². The zero-order valence-corrected chi connectivity index (χ0v) is 19.0. The van der Waals surface area contributed by atoms with Gasteiger partial charge in [-0.2, -0.15) is 10.4 Å². The summed E-state index contributed by atoms with van der Waals surface area (Å²) in [6.45, 7) is 6.16. The topological polar surface area (TPSA) is 148 Å². The number of imidazole rings is 1. The molecule has 0 atom stereocenters. The first-order chi connectivity index (χ1) is 16.3. The number of rotatable bonds is 5. The maximum atomic E-state index is 9.38. The standard InChI is InChI=1S/C24H22N10/c1-14-29-13-34(33-14)20-7-5-17(10-25)30-21(20)22-31-18-6-4-16(8-19(18)32-22)24(2,3)9-15-11-27-23(26)28-12-15/h4-8,11-13H,9H2,1-3H3,(H,31,32)(H2,26,27,28). The van der Waals surface area contributed by atoms with Crippen LogP contribution in [0.2, 0.25) is 0 Å². The summed E-state index contributed by atoms with van der Waals surface area (Å²) in [6, 6.07) is 11.7. The first kappa shape index (κ1) is 21.2. The van der Waals surface area contributed by atoms with Crippen molar-refractivity contribution in [1.29, 1.82) is 5.26 Å². The van der Waals surface area contributed by atoms with Gasteiger partial charge in [0.05, 0.1) is 16.7 Å². The number of H-pyrrole nitrogens is 1. The molecule has 0 radical (unpaired) electrons. The molecule has 0 spiro atoms. The fourth-order valence-corrected chi connectivity index (χ4v) is 3.95. The fourth-order valence-electron chi connectivity index (χ4n) is 3.95. The fraction of sp³-hybridized carbons (Fsp3) is 0.208. The zero-order chi connectivity index (χ0) is 23.9. The molecule has 0 saturated carbocycles. The third-order valence-corrected chi connectivity index (χ3v) is 5.70. The van der Waals surface area contributed by atoms with Crippen LogP contribution in [0.25, 0.3) is 28.2 Å². The lowest BCUT2D eigenvalue weighted by atomic mass is 9.79. The summed E-state index contributed by atoms with van der Waals surface area (Å²) in [5.41, 5.74) is 10.8. The van der Waals surface area contributed by atoms with Crippen molar-refractivity contribution in [3.63, 3.8) is 0 Å². The molecule has 0 aliphatic carbocycles. The van der Waals surface area contributed by atoms with Crippen molar-refractivity contribution in [2.24, 2.45) is 0 Å². The molecular weight excluding hydrogens is 428 g/mol. The van der Waals surface area contributed by atoms with Crippen molar-refractivity contribution in [3.8, 4) is 23.3 Å². The highest BCUT2D eigenvalue weighted by molar-refractivity contribution is 5.81. The van der Waals surface area contributed by atoms with Crippen molar-refractivity contribution in [2.75, 3.05) is 5.73 Å². The minimum Gasteiger partial charge on any atom is -0.368 e. The molecule has 34 heavy (non-hydrogen) atoms. The smallest absolute Gasteiger partial charge is 0.219 e. The molecule has 1 aromatic carbocycles. The first-order valence-electron chi connectivity index (χ1n) is 10.7. The van der Waals surface area contributed by atoms with Crippen molar-refractivity contribution in [3.05, 3.63) is 71.7 Å². The van der Waals surface area contributed by atoms with Gasteiger partial charge in [-0.3, -0.25) is 0 Å². The van der Waals surface area contributed by atoms with Crippen molar-refractivity contribution in [2.45, 2.75) is 32.6 Å². The van der Waals surface area contributed by atoms with Gasteiger partial charge in [-0.15, -0.1) is 0 Å². The van der Waals surface area contributed by atoms with E-state index >= 15 is 0 Å². The van der Waals surface area contributed by atoms with Gasteiger partial charge in [0, 0.05) is 12.4 Å². The Bertz CT molecular complexity index is 1540. The summed E-state index contributed by atoms with van der Waals surface area (Å²) < 4.78 is 1.63. The minimum atomic E-state index is -0.179. The molecule has 0 unspecified atom stereocenters. The van der Waals surface area contributed by atoms with E-state index in [4.69, 9.17) is 10.7 Å². The summed E-state index contributed by atoms with van der Waals surface area (Å²) in [6.07, 6.45) is 5.89. The number of pyridine rings is 1. The van der Waals surface area contributed by atoms with E-state index in [1.165, 1.54) is 0 Å². The molecule has 0 aliphatic heterocycles. The second-order valence-electron chi connectivity index (χ2n) is 8.74. The number of nitrogens with two attached hydrogens (primary N) is 1. The number of hydrogen-bond donors (Lipinski definition) is 2. The lowest BCUT2D eigenvalue weighted by Crippen LogP contribution is -2.20. The lowest BCUT2D eigenvalue weighted by Gasteiger charge is -2.25. The highest BCUT2D eigenvalue weighted by atomic mass is 15.3. The largest absolute Gasteiger partial charge is 0.368 e. The predicted molar refractivity (Wildman–Crippen MR) is 127 cm³/mol. The van der Waals surface area contributed by atoms with E-state index < -0.39 is 0 Å². The molecule has 0 fully saturated rings. The van der Waals surface area contributed by atoms with Crippen LogP contribution in [-0.2, 0) is 11.8 Å². The molecule has 0 bridgehead atoms. The summed E-state index contributed by atoms with van der Waals surface area (Å²) >= 11 is 0. The van der Waals surface area contributed by atoms with E-state index in [-0.39, 0.29) is 11.4 Å². The van der Waals surface area contributed by atoms with Gasteiger partial charge in [0.2, 0.25) is 5.95 Å². The number of benzene rings is 1. The van der Waals surface area contributed by atoms with Crippen LogP contribution >= 0.6 is 0 Å². The molecule has 5 aromatic rings. The third kappa shape index (κ3) is 3.95. The van der Waals surface area contributed by atoms with Gasteiger partial charge < -0.3 is 10.7 Å². The van der Waals surface area contributed by atoms with E-state index in [0.717, 1.165) is 28.6 Å². The van der Waals surface area contributed by atoms with Gasteiger partial charge in [-0.25, -0.2) is 29.6 Å². The van der Waals surface area contributed by atoms with Crippen molar-refractivity contribution >= 4 is 17.0 Å². The van der Waals surface area contributed by atoms with Gasteiger partial charge in [0.15, 0.2) is 5.82 Å². The number of aromatic nitrogens is 8. The van der Waals surface area contributed by atoms with Crippen LogP contribution in [-0.4, -0.2) is 39.7 Å². The first-order valence-corrected chi connectivity index (χ1v) is 10.7. The van der Waals surface area contributed by atoms with Gasteiger partial charge in [0.1, 0.15) is 29.6 Å². The second kappa shape index (κ2) is 8.04. The van der Waals surface area contributed by atoms with Crippen LogP contribution in [0.1, 0.15) is 36.5 Å². The van der Waals surface area contributed by atoms with Gasteiger partial charge in [-0.05, 0) is 54.2 Å². The number of hydrogen-bond acceptors (Lipinski definition) is 8. The molecule has 5 rings (SSSR count). The average molecular weight is 451 g/mol. The third-order valence-electron chi connectivity index (χ3n) is 5.70. The number of aromatic amines is 1. The van der Waals surface area contributed by atoms with E-state index in [9.17, 15) is 5.26 Å². The van der Waals surface area contributed by atoms with Gasteiger partial charge in [-0.1, -0.05) is 19.9 Å². The SMILES string of the molecule is Cc1ncn(-c2ccc(C#N)nc2-c2nc3ccc(C(C)(C)Cc4cnc(N)nc4)cc3[nH]2)n1. The molecular formula is C24H22N10. The predicted octanol–water partition coefficient (Wildman–Crippen LogP) is 3.28. The summed E-state index contributed by atoms with van der Waals surface area (Å²) in [5, 5.41) is 13.8. The summed E-state index contributed by atoms with van der Waals surface area (Å²) in [7, 11) is 0. The number of fused-ring (bicyclic) bond motifs is 1. The quantitative estimate of drug-likeness (QED) is 0.414. The lowest BCUT2D eigenvalue weighted by molar-refractivity contribution is 0.521. The van der Waals surface area contributed by atoms with E-state index in [1.807, 2.05) is 13.0 Å².